The van der Waals surface area contributed by atoms with Crippen molar-refractivity contribution in [3.63, 3.8) is 0 Å². The van der Waals surface area contributed by atoms with E-state index in [2.05, 4.69) is 10.5 Å². The Balaban J connectivity index is 1.70. The second-order valence-electron chi connectivity index (χ2n) is 6.85. The third kappa shape index (κ3) is 4.86. The van der Waals surface area contributed by atoms with Gasteiger partial charge in [-0.05, 0) is 53.3 Å². The second-order valence-corrected chi connectivity index (χ2v) is 9.08. The van der Waals surface area contributed by atoms with Gasteiger partial charge in [0, 0.05) is 6.42 Å². The maximum Gasteiger partial charge on any atom is 0.240 e. The van der Waals surface area contributed by atoms with E-state index in [1.807, 2.05) is 43.3 Å². The Kier molecular flexibility index (Phi) is 5.79. The van der Waals surface area contributed by atoms with Gasteiger partial charge in [-0.25, -0.2) is 13.8 Å². The molecule has 0 aliphatic carbocycles. The van der Waals surface area contributed by atoms with Gasteiger partial charge in [-0.15, -0.1) is 0 Å². The number of nitrogens with zero attached hydrogens (tertiary/aromatic N) is 1. The van der Waals surface area contributed by atoms with E-state index in [0.29, 0.717) is 12.8 Å². The molecule has 27 heavy (non-hydrogen) atoms. The number of hydrogen-bond acceptors (Lipinski definition) is 5. The molecule has 144 valence electrons. The highest BCUT2D eigenvalue weighted by Gasteiger charge is 2.29. The van der Waals surface area contributed by atoms with Crippen LogP contribution in [0.3, 0.4) is 0 Å². The van der Waals surface area contributed by atoms with E-state index in [1.165, 1.54) is 0 Å². The standard InChI is InChI=1S/C20H24N2O4S/c1-3-19(21-22-20(23)10-14-8-9-27(24,25)13-14)17-5-4-16-12-18(26-2)7-6-15(16)11-17/h4-7,11-12,14H,3,8-10,13H2,1-2H3,(H,22,23)/b21-19-/t14-/m0/s1. The van der Waals surface area contributed by atoms with Crippen LogP contribution in [-0.4, -0.2) is 38.7 Å². The number of carbonyl (C=O) groups is 1. The minimum atomic E-state index is -2.97. The summed E-state index contributed by atoms with van der Waals surface area (Å²) in [4.78, 5) is 12.1. The molecule has 1 fully saturated rings. The molecular weight excluding hydrogens is 364 g/mol. The van der Waals surface area contributed by atoms with Gasteiger partial charge in [0.15, 0.2) is 9.84 Å². The average molecular weight is 388 g/mol. The van der Waals surface area contributed by atoms with Crippen molar-refractivity contribution in [3.05, 3.63) is 42.0 Å². The van der Waals surface area contributed by atoms with Crippen molar-refractivity contribution in [2.75, 3.05) is 18.6 Å². The van der Waals surface area contributed by atoms with Crippen molar-refractivity contribution in [1.29, 1.82) is 0 Å². The van der Waals surface area contributed by atoms with Crippen molar-refractivity contribution in [3.8, 4) is 5.75 Å². The van der Waals surface area contributed by atoms with Crippen molar-refractivity contribution in [2.45, 2.75) is 26.2 Å². The normalized spacial score (nSPS) is 19.2. The number of amides is 1. The molecule has 0 radical (unpaired) electrons. The quantitative estimate of drug-likeness (QED) is 0.609. The maximum absolute atomic E-state index is 12.1. The molecule has 0 spiro atoms. The smallest absolute Gasteiger partial charge is 0.240 e. The molecule has 2 aromatic carbocycles. The molecule has 1 amide bonds. The molecule has 0 bridgehead atoms. The van der Waals surface area contributed by atoms with Crippen LogP contribution in [0.5, 0.6) is 5.75 Å². The minimum absolute atomic E-state index is 0.0961. The van der Waals surface area contributed by atoms with Crippen LogP contribution in [0.1, 0.15) is 31.7 Å². The predicted octanol–water partition coefficient (Wildman–Crippen LogP) is 2.90. The number of rotatable bonds is 6. The van der Waals surface area contributed by atoms with Crippen molar-refractivity contribution in [2.24, 2.45) is 11.0 Å². The Hall–Kier alpha value is -2.41. The number of methoxy groups -OCH3 is 1. The monoisotopic (exact) mass is 388 g/mol. The molecule has 0 saturated carbocycles. The zero-order valence-electron chi connectivity index (χ0n) is 15.6. The van der Waals surface area contributed by atoms with E-state index < -0.39 is 9.84 Å². The van der Waals surface area contributed by atoms with Crippen molar-refractivity contribution >= 4 is 32.2 Å². The van der Waals surface area contributed by atoms with Gasteiger partial charge in [-0.2, -0.15) is 5.10 Å². The Morgan fingerprint density at radius 2 is 1.96 bits per heavy atom. The first-order chi connectivity index (χ1) is 12.9. The first-order valence-corrected chi connectivity index (χ1v) is 10.9. The fourth-order valence-corrected chi connectivity index (χ4v) is 5.21. The van der Waals surface area contributed by atoms with Gasteiger partial charge >= 0.3 is 0 Å². The van der Waals surface area contributed by atoms with Gasteiger partial charge in [0.1, 0.15) is 5.75 Å². The van der Waals surface area contributed by atoms with E-state index >= 15 is 0 Å². The predicted molar refractivity (Wildman–Crippen MR) is 107 cm³/mol. The Morgan fingerprint density at radius 3 is 2.63 bits per heavy atom. The number of nitrogens with one attached hydrogen (secondary N) is 1. The SMILES string of the molecule is CC/C(=N/NC(=O)C[C@@H]1CCS(=O)(=O)C1)c1ccc2cc(OC)ccc2c1. The largest absolute Gasteiger partial charge is 0.497 e. The minimum Gasteiger partial charge on any atom is -0.497 e. The number of hydrazone groups is 1. The Labute approximate surface area is 159 Å². The van der Waals surface area contributed by atoms with Crippen LogP contribution in [0.25, 0.3) is 10.8 Å². The van der Waals surface area contributed by atoms with Crippen LogP contribution in [0.4, 0.5) is 0 Å². The molecule has 0 unspecified atom stereocenters. The molecule has 1 aliphatic rings. The number of fused-ring (bicyclic) bond motifs is 1. The second kappa shape index (κ2) is 8.08. The number of benzene rings is 2. The van der Waals surface area contributed by atoms with Crippen LogP contribution in [0.2, 0.25) is 0 Å². The molecule has 0 aromatic heterocycles. The fraction of sp³-hybridized carbons (Fsp3) is 0.400. The summed E-state index contributed by atoms with van der Waals surface area (Å²) in [5, 5.41) is 6.41. The lowest BCUT2D eigenvalue weighted by molar-refractivity contribution is -0.121. The third-order valence-electron chi connectivity index (χ3n) is 4.83. The van der Waals surface area contributed by atoms with Crippen LogP contribution < -0.4 is 10.2 Å². The summed E-state index contributed by atoms with van der Waals surface area (Å²) in [5.41, 5.74) is 4.31. The highest BCUT2D eigenvalue weighted by atomic mass is 32.2. The van der Waals surface area contributed by atoms with Gasteiger partial charge in [0.25, 0.3) is 0 Å². The lowest BCUT2D eigenvalue weighted by atomic mass is 10.0. The van der Waals surface area contributed by atoms with Crippen molar-refractivity contribution < 1.29 is 17.9 Å². The molecule has 1 N–H and O–H groups in total. The van der Waals surface area contributed by atoms with E-state index in [-0.39, 0.29) is 29.8 Å². The fourth-order valence-electron chi connectivity index (χ4n) is 3.35. The summed E-state index contributed by atoms with van der Waals surface area (Å²) < 4.78 is 28.2. The summed E-state index contributed by atoms with van der Waals surface area (Å²) in [6, 6.07) is 11.9. The van der Waals surface area contributed by atoms with E-state index in [4.69, 9.17) is 4.74 Å². The van der Waals surface area contributed by atoms with Gasteiger partial charge in [0.2, 0.25) is 5.91 Å². The first kappa shape index (κ1) is 19.4. The topological polar surface area (TPSA) is 84.8 Å². The molecule has 7 heteroatoms. The van der Waals surface area contributed by atoms with Crippen LogP contribution in [-0.2, 0) is 14.6 Å². The van der Waals surface area contributed by atoms with E-state index in [0.717, 1.165) is 27.8 Å². The van der Waals surface area contributed by atoms with Gasteiger partial charge in [0.05, 0.1) is 24.3 Å². The molecular formula is C20H24N2O4S. The molecule has 2 aromatic rings. The molecule has 6 nitrogen and oxygen atoms in total. The first-order valence-electron chi connectivity index (χ1n) is 9.04. The molecule has 1 aliphatic heterocycles. The summed E-state index contributed by atoms with van der Waals surface area (Å²) in [7, 11) is -1.33. The van der Waals surface area contributed by atoms with Crippen LogP contribution in [0, 0.1) is 5.92 Å². The van der Waals surface area contributed by atoms with E-state index in [9.17, 15) is 13.2 Å². The van der Waals surface area contributed by atoms with E-state index in [1.54, 1.807) is 7.11 Å². The molecule has 1 heterocycles. The molecule has 1 atom stereocenters. The molecule has 1 saturated heterocycles. The lowest BCUT2D eigenvalue weighted by Crippen LogP contribution is -2.23. The van der Waals surface area contributed by atoms with Crippen molar-refractivity contribution in [1.82, 2.24) is 5.43 Å². The number of hydrogen-bond donors (Lipinski definition) is 1. The summed E-state index contributed by atoms with van der Waals surface area (Å²) in [6.07, 6.45) is 1.41. The lowest BCUT2D eigenvalue weighted by Gasteiger charge is -2.09. The zero-order valence-corrected chi connectivity index (χ0v) is 16.4. The van der Waals surface area contributed by atoms with Gasteiger partial charge in [-0.3, -0.25) is 4.79 Å². The third-order valence-corrected chi connectivity index (χ3v) is 6.67. The average Bonchev–Trinajstić information content (AvgIpc) is 2.99. The summed E-state index contributed by atoms with van der Waals surface area (Å²) in [6.45, 7) is 1.98. The van der Waals surface area contributed by atoms with Gasteiger partial charge < -0.3 is 4.74 Å². The number of ether oxygens (including phenoxy) is 1. The van der Waals surface area contributed by atoms with Gasteiger partial charge in [-0.1, -0.05) is 25.1 Å². The number of carbonyl (C=O) groups excluding carboxylic acids is 1. The highest BCUT2D eigenvalue weighted by molar-refractivity contribution is 7.91. The maximum atomic E-state index is 12.1. The molecule has 3 rings (SSSR count). The Morgan fingerprint density at radius 1 is 1.22 bits per heavy atom. The summed E-state index contributed by atoms with van der Waals surface area (Å²) in [5.74, 6) is 0.732. The highest BCUT2D eigenvalue weighted by Crippen LogP contribution is 2.23. The zero-order chi connectivity index (χ0) is 19.4. The summed E-state index contributed by atoms with van der Waals surface area (Å²) >= 11 is 0. The Bertz CT molecular complexity index is 983. The number of sulfone groups is 1. The van der Waals surface area contributed by atoms with Crippen LogP contribution in [0.15, 0.2) is 41.5 Å². The van der Waals surface area contributed by atoms with Crippen LogP contribution >= 0.6 is 0 Å².